The van der Waals surface area contributed by atoms with Crippen LogP contribution in [0.3, 0.4) is 0 Å². The number of hydrogen-bond donors (Lipinski definition) is 1. The lowest BCUT2D eigenvalue weighted by Gasteiger charge is -2.09. The summed E-state index contributed by atoms with van der Waals surface area (Å²) >= 11 is 3.26. The van der Waals surface area contributed by atoms with E-state index in [1.165, 1.54) is 0 Å². The van der Waals surface area contributed by atoms with Gasteiger partial charge in [-0.1, -0.05) is 28.1 Å². The first-order chi connectivity index (χ1) is 6.65. The number of carbonyl (C=O) groups is 1. The zero-order chi connectivity index (χ0) is 10.6. The van der Waals surface area contributed by atoms with Crippen LogP contribution in [0, 0.1) is 0 Å². The highest BCUT2D eigenvalue weighted by molar-refractivity contribution is 9.10. The highest BCUT2D eigenvalue weighted by atomic mass is 79.9. The fraction of sp³-hybridized carbons (Fsp3) is 0.300. The van der Waals surface area contributed by atoms with Crippen molar-refractivity contribution in [3.63, 3.8) is 0 Å². The molecule has 1 aromatic carbocycles. The van der Waals surface area contributed by atoms with Crippen LogP contribution in [-0.2, 0) is 9.53 Å². The van der Waals surface area contributed by atoms with Gasteiger partial charge in [0.25, 0.3) is 0 Å². The predicted molar refractivity (Wildman–Crippen MR) is 55.7 cm³/mol. The topological polar surface area (TPSA) is 46.5 Å². The second-order valence-corrected chi connectivity index (χ2v) is 3.62. The molecule has 0 aliphatic heterocycles. The first-order valence-corrected chi connectivity index (χ1v) is 5.04. The molecule has 0 aromatic heterocycles. The van der Waals surface area contributed by atoms with E-state index in [9.17, 15) is 9.90 Å². The highest BCUT2D eigenvalue weighted by Gasteiger charge is 2.17. The van der Waals surface area contributed by atoms with E-state index in [2.05, 4.69) is 20.7 Å². The van der Waals surface area contributed by atoms with Crippen LogP contribution in [0.1, 0.15) is 18.6 Å². The predicted octanol–water partition coefficient (Wildman–Crippen LogP) is 2.05. The van der Waals surface area contributed by atoms with Gasteiger partial charge < -0.3 is 9.84 Å². The van der Waals surface area contributed by atoms with Crippen molar-refractivity contribution < 1.29 is 14.6 Å². The smallest absolute Gasteiger partial charge is 0.339 e. The molecular weight excluding hydrogens is 248 g/mol. The summed E-state index contributed by atoms with van der Waals surface area (Å²) in [4.78, 5) is 11.1. The fourth-order valence-corrected chi connectivity index (χ4v) is 1.27. The van der Waals surface area contributed by atoms with E-state index in [0.29, 0.717) is 5.56 Å². The Morgan fingerprint density at radius 3 is 2.57 bits per heavy atom. The Morgan fingerprint density at radius 2 is 2.07 bits per heavy atom. The third-order valence-corrected chi connectivity index (χ3v) is 2.22. The van der Waals surface area contributed by atoms with Crippen molar-refractivity contribution in [2.45, 2.75) is 13.0 Å². The Morgan fingerprint density at radius 1 is 1.50 bits per heavy atom. The molecule has 0 heterocycles. The molecule has 0 saturated heterocycles. The van der Waals surface area contributed by atoms with Crippen molar-refractivity contribution in [2.75, 3.05) is 6.61 Å². The molecule has 1 aromatic rings. The molecule has 4 heteroatoms. The summed E-state index contributed by atoms with van der Waals surface area (Å²) in [6.07, 6.45) is -1.19. The van der Waals surface area contributed by atoms with E-state index < -0.39 is 12.1 Å². The Kier molecular flexibility index (Phi) is 4.10. The lowest BCUT2D eigenvalue weighted by Crippen LogP contribution is -2.15. The van der Waals surface area contributed by atoms with Crippen LogP contribution in [-0.4, -0.2) is 17.7 Å². The summed E-state index contributed by atoms with van der Waals surface area (Å²) < 4.78 is 5.59. The quantitative estimate of drug-likeness (QED) is 0.845. The first kappa shape index (κ1) is 11.2. The largest absolute Gasteiger partial charge is 0.464 e. The second-order valence-electron chi connectivity index (χ2n) is 2.71. The number of benzene rings is 1. The minimum Gasteiger partial charge on any atom is -0.464 e. The standard InChI is InChI=1S/C10H11BrO3/c1-2-14-10(13)9(12)7-3-5-8(11)6-4-7/h3-6,9,12H,2H2,1H3/t9-/m0/s1. The number of aliphatic hydroxyl groups excluding tert-OH is 1. The maximum absolute atomic E-state index is 11.1. The van der Waals surface area contributed by atoms with Crippen LogP contribution in [0.4, 0.5) is 0 Å². The first-order valence-electron chi connectivity index (χ1n) is 4.25. The van der Waals surface area contributed by atoms with E-state index in [1.807, 2.05) is 0 Å². The Hall–Kier alpha value is -0.870. The molecule has 1 atom stereocenters. The monoisotopic (exact) mass is 258 g/mol. The summed E-state index contributed by atoms with van der Waals surface area (Å²) in [6.45, 7) is 1.97. The minimum absolute atomic E-state index is 0.270. The van der Waals surface area contributed by atoms with Crippen LogP contribution in [0.2, 0.25) is 0 Å². The molecule has 0 bridgehead atoms. The summed E-state index contributed by atoms with van der Waals surface area (Å²) in [5.41, 5.74) is 0.534. The third kappa shape index (κ3) is 2.82. The van der Waals surface area contributed by atoms with Gasteiger partial charge in [0.05, 0.1) is 6.61 Å². The van der Waals surface area contributed by atoms with E-state index in [1.54, 1.807) is 31.2 Å². The molecular formula is C10H11BrO3. The van der Waals surface area contributed by atoms with Gasteiger partial charge >= 0.3 is 5.97 Å². The number of carbonyl (C=O) groups excluding carboxylic acids is 1. The molecule has 3 nitrogen and oxygen atoms in total. The minimum atomic E-state index is -1.19. The van der Waals surface area contributed by atoms with Gasteiger partial charge in [0, 0.05) is 4.47 Å². The highest BCUT2D eigenvalue weighted by Crippen LogP contribution is 2.17. The summed E-state index contributed by atoms with van der Waals surface area (Å²) in [5, 5.41) is 9.52. The van der Waals surface area contributed by atoms with Gasteiger partial charge in [0.2, 0.25) is 0 Å². The zero-order valence-electron chi connectivity index (χ0n) is 7.74. The lowest BCUT2D eigenvalue weighted by atomic mass is 10.1. The van der Waals surface area contributed by atoms with Gasteiger partial charge in [-0.15, -0.1) is 0 Å². The molecule has 0 aliphatic carbocycles. The van der Waals surface area contributed by atoms with Crippen LogP contribution in [0.5, 0.6) is 0 Å². The van der Waals surface area contributed by atoms with E-state index in [4.69, 9.17) is 0 Å². The van der Waals surface area contributed by atoms with E-state index in [-0.39, 0.29) is 6.61 Å². The number of hydrogen-bond acceptors (Lipinski definition) is 3. The maximum Gasteiger partial charge on any atom is 0.339 e. The molecule has 76 valence electrons. The molecule has 0 saturated carbocycles. The molecule has 1 N–H and O–H groups in total. The van der Waals surface area contributed by atoms with Crippen LogP contribution in [0.15, 0.2) is 28.7 Å². The molecule has 0 aliphatic rings. The molecule has 0 unspecified atom stereocenters. The van der Waals surface area contributed by atoms with Gasteiger partial charge in [-0.05, 0) is 24.6 Å². The van der Waals surface area contributed by atoms with Gasteiger partial charge in [0.1, 0.15) is 0 Å². The van der Waals surface area contributed by atoms with Crippen molar-refractivity contribution in [3.05, 3.63) is 34.3 Å². The van der Waals surface area contributed by atoms with Gasteiger partial charge in [-0.25, -0.2) is 4.79 Å². The van der Waals surface area contributed by atoms with E-state index in [0.717, 1.165) is 4.47 Å². The summed E-state index contributed by atoms with van der Waals surface area (Å²) in [5.74, 6) is -0.616. The number of rotatable bonds is 3. The number of esters is 1. The van der Waals surface area contributed by atoms with Crippen molar-refractivity contribution in [1.29, 1.82) is 0 Å². The third-order valence-electron chi connectivity index (χ3n) is 1.70. The molecule has 1 rings (SSSR count). The molecule has 0 amide bonds. The number of aliphatic hydroxyl groups is 1. The Labute approximate surface area is 90.8 Å². The Bertz CT molecular complexity index is 308. The van der Waals surface area contributed by atoms with E-state index >= 15 is 0 Å². The van der Waals surface area contributed by atoms with Gasteiger partial charge in [-0.2, -0.15) is 0 Å². The maximum atomic E-state index is 11.1. The average Bonchev–Trinajstić information content (AvgIpc) is 2.18. The van der Waals surface area contributed by atoms with Crippen LogP contribution >= 0.6 is 15.9 Å². The van der Waals surface area contributed by atoms with Crippen LogP contribution < -0.4 is 0 Å². The zero-order valence-corrected chi connectivity index (χ0v) is 9.32. The van der Waals surface area contributed by atoms with Crippen molar-refractivity contribution in [3.8, 4) is 0 Å². The second kappa shape index (κ2) is 5.12. The lowest BCUT2D eigenvalue weighted by molar-refractivity contribution is -0.153. The van der Waals surface area contributed by atoms with Crippen LogP contribution in [0.25, 0.3) is 0 Å². The average molecular weight is 259 g/mol. The molecule has 14 heavy (non-hydrogen) atoms. The molecule has 0 spiro atoms. The normalized spacial score (nSPS) is 12.2. The number of ether oxygens (including phenoxy) is 1. The fourth-order valence-electron chi connectivity index (χ4n) is 1.00. The van der Waals surface area contributed by atoms with Crippen molar-refractivity contribution in [1.82, 2.24) is 0 Å². The summed E-state index contributed by atoms with van der Waals surface area (Å²) in [7, 11) is 0. The molecule has 0 fully saturated rings. The van der Waals surface area contributed by atoms with Crippen molar-refractivity contribution in [2.24, 2.45) is 0 Å². The number of halogens is 1. The van der Waals surface area contributed by atoms with Gasteiger partial charge in [-0.3, -0.25) is 0 Å². The summed E-state index contributed by atoms with van der Waals surface area (Å²) in [6, 6.07) is 6.87. The Balaban J connectivity index is 2.73. The van der Waals surface area contributed by atoms with Crippen molar-refractivity contribution >= 4 is 21.9 Å². The van der Waals surface area contributed by atoms with Gasteiger partial charge in [0.15, 0.2) is 6.10 Å². The molecule has 0 radical (unpaired) electrons. The SMILES string of the molecule is CCOC(=O)[C@@H](O)c1ccc(Br)cc1.